The van der Waals surface area contributed by atoms with Crippen LogP contribution in [0.25, 0.3) is 0 Å². The minimum atomic E-state index is -3.89. The van der Waals surface area contributed by atoms with Crippen molar-refractivity contribution in [1.29, 1.82) is 0 Å². The Hall–Kier alpha value is -2.70. The van der Waals surface area contributed by atoms with E-state index in [4.69, 9.17) is 4.74 Å². The number of hydrogen-bond donors (Lipinski definition) is 2. The average Bonchev–Trinajstić information content (AvgIpc) is 3.29. The molecule has 1 saturated heterocycles. The van der Waals surface area contributed by atoms with Crippen molar-refractivity contribution in [2.24, 2.45) is 0 Å². The summed E-state index contributed by atoms with van der Waals surface area (Å²) in [4.78, 5) is 14.7. The molecule has 0 radical (unpaired) electrons. The van der Waals surface area contributed by atoms with E-state index in [9.17, 15) is 13.2 Å². The number of rotatable bonds is 8. The molecule has 0 unspecified atom stereocenters. The van der Waals surface area contributed by atoms with E-state index in [0.29, 0.717) is 18.8 Å². The summed E-state index contributed by atoms with van der Waals surface area (Å²) in [6, 6.07) is 14.9. The third-order valence-corrected chi connectivity index (χ3v) is 7.92. The van der Waals surface area contributed by atoms with Crippen LogP contribution in [0.1, 0.15) is 27.0 Å². The second-order valence-electron chi connectivity index (χ2n) is 7.62. The van der Waals surface area contributed by atoms with Gasteiger partial charge in [-0.25, -0.2) is 13.1 Å². The number of morpholine rings is 1. The SMILES string of the molecule is Cc1ccccc1C(=O)Nc1nnc(S(=O)(=O)NCc2ccccc2CN2CCOCC2)s1. The normalized spacial score (nSPS) is 14.8. The Kier molecular flexibility index (Phi) is 7.46. The van der Waals surface area contributed by atoms with Crippen LogP contribution in [-0.4, -0.2) is 55.7 Å². The highest BCUT2D eigenvalue weighted by Gasteiger charge is 2.22. The third kappa shape index (κ3) is 6.01. The summed E-state index contributed by atoms with van der Waals surface area (Å²) in [6.45, 7) is 5.79. The Balaban J connectivity index is 1.40. The number of hydrogen-bond acceptors (Lipinski definition) is 8. The number of ether oxygens (including phenoxy) is 1. The molecule has 1 amide bonds. The lowest BCUT2D eigenvalue weighted by Crippen LogP contribution is -2.36. The van der Waals surface area contributed by atoms with Gasteiger partial charge in [-0.05, 0) is 29.7 Å². The number of amides is 1. The minimum absolute atomic E-state index is 0.122. The van der Waals surface area contributed by atoms with Crippen LogP contribution in [0, 0.1) is 6.92 Å². The number of aryl methyl sites for hydroxylation is 1. The van der Waals surface area contributed by atoms with E-state index in [1.165, 1.54) is 0 Å². The predicted molar refractivity (Wildman–Crippen MR) is 126 cm³/mol. The number of benzene rings is 2. The maximum atomic E-state index is 12.8. The van der Waals surface area contributed by atoms with Crippen molar-refractivity contribution in [3.63, 3.8) is 0 Å². The molecule has 0 saturated carbocycles. The Morgan fingerprint density at radius 1 is 1.06 bits per heavy atom. The minimum Gasteiger partial charge on any atom is -0.379 e. The Morgan fingerprint density at radius 3 is 2.52 bits per heavy atom. The summed E-state index contributed by atoms with van der Waals surface area (Å²) in [5.74, 6) is -0.363. The van der Waals surface area contributed by atoms with Crippen molar-refractivity contribution in [2.75, 3.05) is 31.6 Å². The molecule has 0 atom stereocenters. The van der Waals surface area contributed by atoms with Gasteiger partial charge in [0.25, 0.3) is 15.9 Å². The average molecular weight is 488 g/mol. The first-order valence-corrected chi connectivity index (χ1v) is 12.8. The summed E-state index contributed by atoms with van der Waals surface area (Å²) < 4.78 is 33.4. The fraction of sp³-hybridized carbons (Fsp3) is 0.318. The largest absolute Gasteiger partial charge is 0.379 e. The van der Waals surface area contributed by atoms with Crippen LogP contribution < -0.4 is 10.0 Å². The summed E-state index contributed by atoms with van der Waals surface area (Å²) in [5.41, 5.74) is 3.26. The molecule has 1 aliphatic rings. The van der Waals surface area contributed by atoms with Crippen LogP contribution in [0.3, 0.4) is 0 Å². The topological polar surface area (TPSA) is 114 Å². The molecular formula is C22H25N5O4S2. The molecule has 9 nitrogen and oxygen atoms in total. The number of sulfonamides is 1. The smallest absolute Gasteiger partial charge is 0.270 e. The van der Waals surface area contributed by atoms with Gasteiger partial charge in [-0.1, -0.05) is 53.8 Å². The van der Waals surface area contributed by atoms with E-state index in [1.807, 2.05) is 43.3 Å². The van der Waals surface area contributed by atoms with Gasteiger partial charge in [0.1, 0.15) is 0 Å². The molecule has 0 aliphatic carbocycles. The van der Waals surface area contributed by atoms with Crippen LogP contribution in [0.4, 0.5) is 5.13 Å². The Labute approximate surface area is 196 Å². The van der Waals surface area contributed by atoms with Gasteiger partial charge in [-0.15, -0.1) is 10.2 Å². The fourth-order valence-electron chi connectivity index (χ4n) is 3.48. The molecular weight excluding hydrogens is 462 g/mol. The summed E-state index contributed by atoms with van der Waals surface area (Å²) >= 11 is 0.810. The molecule has 1 aliphatic heterocycles. The van der Waals surface area contributed by atoms with Gasteiger partial charge in [0.15, 0.2) is 0 Å². The summed E-state index contributed by atoms with van der Waals surface area (Å²) in [5, 5.41) is 10.3. The molecule has 2 aromatic carbocycles. The van der Waals surface area contributed by atoms with E-state index >= 15 is 0 Å². The molecule has 1 aromatic heterocycles. The van der Waals surface area contributed by atoms with Crippen molar-refractivity contribution in [1.82, 2.24) is 19.8 Å². The molecule has 2 N–H and O–H groups in total. The molecule has 2 heterocycles. The maximum Gasteiger partial charge on any atom is 0.270 e. The van der Waals surface area contributed by atoms with Gasteiger partial charge in [0.2, 0.25) is 9.47 Å². The second-order valence-corrected chi connectivity index (χ2v) is 10.5. The molecule has 1 fully saturated rings. The highest BCUT2D eigenvalue weighted by molar-refractivity contribution is 7.91. The predicted octanol–water partition coefficient (Wildman–Crippen LogP) is 2.41. The van der Waals surface area contributed by atoms with Gasteiger partial charge in [0, 0.05) is 31.7 Å². The first kappa shape index (κ1) is 23.5. The lowest BCUT2D eigenvalue weighted by atomic mass is 10.1. The van der Waals surface area contributed by atoms with Gasteiger partial charge >= 0.3 is 0 Å². The van der Waals surface area contributed by atoms with E-state index in [2.05, 4.69) is 25.1 Å². The molecule has 0 bridgehead atoms. The van der Waals surface area contributed by atoms with Crippen molar-refractivity contribution in [2.45, 2.75) is 24.4 Å². The maximum absolute atomic E-state index is 12.8. The van der Waals surface area contributed by atoms with E-state index in [0.717, 1.165) is 47.7 Å². The molecule has 33 heavy (non-hydrogen) atoms. The number of nitrogens with zero attached hydrogens (tertiary/aromatic N) is 3. The van der Waals surface area contributed by atoms with Crippen LogP contribution in [-0.2, 0) is 27.8 Å². The molecule has 0 spiro atoms. The van der Waals surface area contributed by atoms with Crippen molar-refractivity contribution < 1.29 is 17.9 Å². The molecule has 11 heteroatoms. The van der Waals surface area contributed by atoms with Crippen molar-refractivity contribution in [3.05, 3.63) is 70.8 Å². The molecule has 3 aromatic rings. The molecule has 174 valence electrons. The molecule has 4 rings (SSSR count). The Bertz CT molecular complexity index is 1220. The highest BCUT2D eigenvalue weighted by atomic mass is 32.2. The van der Waals surface area contributed by atoms with E-state index < -0.39 is 10.0 Å². The fourth-order valence-corrected chi connectivity index (χ4v) is 5.42. The Morgan fingerprint density at radius 2 is 1.76 bits per heavy atom. The van der Waals surface area contributed by atoms with Crippen LogP contribution in [0.5, 0.6) is 0 Å². The third-order valence-electron chi connectivity index (χ3n) is 5.32. The van der Waals surface area contributed by atoms with Crippen molar-refractivity contribution >= 4 is 32.4 Å². The van der Waals surface area contributed by atoms with Crippen LogP contribution in [0.2, 0.25) is 0 Å². The van der Waals surface area contributed by atoms with Crippen LogP contribution >= 0.6 is 11.3 Å². The zero-order valence-electron chi connectivity index (χ0n) is 18.2. The number of aromatic nitrogens is 2. The summed E-state index contributed by atoms with van der Waals surface area (Å²) in [6.07, 6.45) is 0. The lowest BCUT2D eigenvalue weighted by Gasteiger charge is -2.27. The number of anilines is 1. The first-order chi connectivity index (χ1) is 15.9. The zero-order valence-corrected chi connectivity index (χ0v) is 19.8. The first-order valence-electron chi connectivity index (χ1n) is 10.5. The standard InChI is InChI=1S/C22H25N5O4S2/c1-16-6-2-5-9-19(16)20(28)24-21-25-26-22(32-21)33(29,30)23-14-17-7-3-4-8-18(17)15-27-10-12-31-13-11-27/h2-9,23H,10-15H2,1H3,(H,24,25,28). The monoisotopic (exact) mass is 487 g/mol. The van der Waals surface area contributed by atoms with Crippen LogP contribution in [0.15, 0.2) is 52.9 Å². The van der Waals surface area contributed by atoms with E-state index in [1.54, 1.807) is 12.1 Å². The summed E-state index contributed by atoms with van der Waals surface area (Å²) in [7, 11) is -3.89. The second kappa shape index (κ2) is 10.5. The number of carbonyl (C=O) groups is 1. The quantitative estimate of drug-likeness (QED) is 0.469. The zero-order chi connectivity index (χ0) is 23.3. The highest BCUT2D eigenvalue weighted by Crippen LogP contribution is 2.22. The van der Waals surface area contributed by atoms with Crippen molar-refractivity contribution in [3.8, 4) is 0 Å². The van der Waals surface area contributed by atoms with Gasteiger partial charge in [-0.3, -0.25) is 15.0 Å². The van der Waals surface area contributed by atoms with E-state index in [-0.39, 0.29) is 21.9 Å². The van der Waals surface area contributed by atoms with Gasteiger partial charge < -0.3 is 4.74 Å². The lowest BCUT2D eigenvalue weighted by molar-refractivity contribution is 0.0341. The number of carbonyl (C=O) groups excluding carboxylic acids is 1. The number of nitrogens with one attached hydrogen (secondary N) is 2. The van der Waals surface area contributed by atoms with Gasteiger partial charge in [-0.2, -0.15) is 0 Å². The van der Waals surface area contributed by atoms with Gasteiger partial charge in [0.05, 0.1) is 13.2 Å².